The van der Waals surface area contributed by atoms with Crippen LogP contribution in [0.1, 0.15) is 11.1 Å². The van der Waals surface area contributed by atoms with Crippen molar-refractivity contribution in [3.8, 4) is 34.1 Å². The number of aromatic nitrogens is 6. The number of nitrogens with zero attached hydrogens (tertiary/aromatic N) is 6. The fourth-order valence-electron chi connectivity index (χ4n) is 4.15. The molecule has 2 aromatic carbocycles. The molecule has 0 aliphatic heterocycles. The fourth-order valence-corrected chi connectivity index (χ4v) is 5.05. The lowest BCUT2D eigenvalue weighted by molar-refractivity contribution is 0.363. The molecule has 0 spiro atoms. The molecular formula is C29H22N6O2S. The van der Waals surface area contributed by atoms with E-state index >= 15 is 0 Å². The summed E-state index contributed by atoms with van der Waals surface area (Å²) in [5.74, 6) is 1.23. The molecule has 0 aliphatic rings. The Morgan fingerprint density at radius 1 is 1.08 bits per heavy atom. The van der Waals surface area contributed by atoms with Crippen LogP contribution >= 0.6 is 11.3 Å². The van der Waals surface area contributed by atoms with Gasteiger partial charge in [0.1, 0.15) is 18.1 Å². The molecule has 38 heavy (non-hydrogen) atoms. The van der Waals surface area contributed by atoms with Crippen LogP contribution in [0.2, 0.25) is 0 Å². The number of benzene rings is 2. The minimum atomic E-state index is -0.226. The van der Waals surface area contributed by atoms with Gasteiger partial charge in [-0.25, -0.2) is 4.68 Å². The van der Waals surface area contributed by atoms with Crippen LogP contribution in [0, 0.1) is 6.92 Å². The third kappa shape index (κ3) is 4.39. The predicted molar refractivity (Wildman–Crippen MR) is 149 cm³/mol. The van der Waals surface area contributed by atoms with E-state index in [9.17, 15) is 4.79 Å². The van der Waals surface area contributed by atoms with E-state index in [-0.39, 0.29) is 5.56 Å². The van der Waals surface area contributed by atoms with Crippen molar-refractivity contribution in [1.82, 2.24) is 29.4 Å². The van der Waals surface area contributed by atoms with E-state index in [0.717, 1.165) is 39.4 Å². The molecule has 0 N–H and O–H groups in total. The van der Waals surface area contributed by atoms with Crippen LogP contribution in [0.3, 0.4) is 0 Å². The third-order valence-corrected chi connectivity index (χ3v) is 6.93. The lowest BCUT2D eigenvalue weighted by Gasteiger charge is -2.08. The lowest BCUT2D eigenvalue weighted by Crippen LogP contribution is -2.23. The molecule has 0 fully saturated rings. The molecular weight excluding hydrogens is 496 g/mol. The number of aryl methyl sites for hydroxylation is 1. The van der Waals surface area contributed by atoms with Gasteiger partial charge in [0.15, 0.2) is 5.82 Å². The summed E-state index contributed by atoms with van der Waals surface area (Å²) in [5.41, 5.74) is 4.98. The highest BCUT2D eigenvalue weighted by Crippen LogP contribution is 2.30. The number of hydrogen-bond donors (Lipinski definition) is 0. The van der Waals surface area contributed by atoms with Crippen molar-refractivity contribution < 1.29 is 4.74 Å². The van der Waals surface area contributed by atoms with Gasteiger partial charge in [-0.2, -0.15) is 14.6 Å². The van der Waals surface area contributed by atoms with Gasteiger partial charge >= 0.3 is 0 Å². The first-order valence-corrected chi connectivity index (χ1v) is 12.7. The number of rotatable bonds is 7. The summed E-state index contributed by atoms with van der Waals surface area (Å²) in [6, 6.07) is 19.4. The second-order valence-corrected chi connectivity index (χ2v) is 9.59. The smallest absolute Gasteiger partial charge is 0.291 e. The summed E-state index contributed by atoms with van der Waals surface area (Å²) in [5, 5.41) is 9.34. The Kier molecular flexibility index (Phi) is 6.11. The maximum Gasteiger partial charge on any atom is 0.291 e. The van der Waals surface area contributed by atoms with Gasteiger partial charge in [0.05, 0.1) is 10.2 Å². The average molecular weight is 519 g/mol. The molecule has 0 amide bonds. The summed E-state index contributed by atoms with van der Waals surface area (Å²) in [6.07, 6.45) is 8.87. The molecule has 6 aromatic rings. The Hall–Kier alpha value is -4.89. The minimum absolute atomic E-state index is 0.226. The Bertz CT molecular complexity index is 1870. The van der Waals surface area contributed by atoms with Crippen LogP contribution in [0.15, 0.2) is 96.7 Å². The van der Waals surface area contributed by atoms with Crippen molar-refractivity contribution >= 4 is 22.4 Å². The first-order valence-electron chi connectivity index (χ1n) is 11.9. The molecule has 0 radical (unpaired) electrons. The Balaban J connectivity index is 1.47. The van der Waals surface area contributed by atoms with Gasteiger partial charge in [0.2, 0.25) is 4.96 Å². The first-order chi connectivity index (χ1) is 18.6. The van der Waals surface area contributed by atoms with Gasteiger partial charge in [-0.3, -0.25) is 9.78 Å². The van der Waals surface area contributed by atoms with Crippen LogP contribution in [-0.4, -0.2) is 36.0 Å². The van der Waals surface area contributed by atoms with Crippen LogP contribution in [-0.2, 0) is 0 Å². The maximum absolute atomic E-state index is 13.3. The molecule has 0 atom stereocenters. The molecule has 0 saturated heterocycles. The highest BCUT2D eigenvalue weighted by atomic mass is 32.1. The maximum atomic E-state index is 13.3. The van der Waals surface area contributed by atoms with E-state index in [1.165, 1.54) is 15.9 Å². The summed E-state index contributed by atoms with van der Waals surface area (Å²) < 4.78 is 9.39. The summed E-state index contributed by atoms with van der Waals surface area (Å²) in [6.45, 7) is 6.16. The number of fused-ring (bicyclic) bond motifs is 1. The molecule has 0 unspecified atom stereocenters. The van der Waals surface area contributed by atoms with Gasteiger partial charge < -0.3 is 4.74 Å². The van der Waals surface area contributed by atoms with Gasteiger partial charge in [-0.15, -0.1) is 5.10 Å². The first kappa shape index (κ1) is 23.5. The summed E-state index contributed by atoms with van der Waals surface area (Å²) >= 11 is 1.29. The van der Waals surface area contributed by atoms with Gasteiger partial charge in [0, 0.05) is 35.3 Å². The van der Waals surface area contributed by atoms with Crippen LogP contribution in [0.5, 0.6) is 5.75 Å². The van der Waals surface area contributed by atoms with Crippen LogP contribution in [0.25, 0.3) is 39.4 Å². The van der Waals surface area contributed by atoms with Crippen molar-refractivity contribution in [2.24, 2.45) is 0 Å². The van der Waals surface area contributed by atoms with Crippen LogP contribution in [0.4, 0.5) is 0 Å². The fraction of sp³-hybridized carbons (Fsp3) is 0.0690. The molecule has 4 aromatic heterocycles. The Morgan fingerprint density at radius 3 is 2.68 bits per heavy atom. The Morgan fingerprint density at radius 2 is 1.95 bits per heavy atom. The largest absolute Gasteiger partial charge is 0.490 e. The summed E-state index contributed by atoms with van der Waals surface area (Å²) in [7, 11) is 0. The molecule has 186 valence electrons. The molecule has 0 aliphatic carbocycles. The van der Waals surface area contributed by atoms with Crippen molar-refractivity contribution in [1.29, 1.82) is 0 Å². The number of pyridine rings is 1. The summed E-state index contributed by atoms with van der Waals surface area (Å²) in [4.78, 5) is 22.5. The average Bonchev–Trinajstić information content (AvgIpc) is 3.64. The van der Waals surface area contributed by atoms with Gasteiger partial charge in [0.25, 0.3) is 5.56 Å². The zero-order chi connectivity index (χ0) is 26.1. The van der Waals surface area contributed by atoms with E-state index in [2.05, 4.69) is 21.6 Å². The third-order valence-electron chi connectivity index (χ3n) is 5.97. The van der Waals surface area contributed by atoms with Crippen molar-refractivity contribution in [3.63, 3.8) is 0 Å². The van der Waals surface area contributed by atoms with E-state index in [1.807, 2.05) is 84.5 Å². The molecule has 4 heterocycles. The topological polar surface area (TPSA) is 87.2 Å². The number of ether oxygens (including phenoxy) is 1. The van der Waals surface area contributed by atoms with E-state index < -0.39 is 0 Å². The molecule has 6 rings (SSSR count). The molecule has 0 saturated carbocycles. The van der Waals surface area contributed by atoms with E-state index in [4.69, 9.17) is 9.84 Å². The normalized spacial score (nSPS) is 11.8. The highest BCUT2D eigenvalue weighted by molar-refractivity contribution is 7.15. The predicted octanol–water partition coefficient (Wildman–Crippen LogP) is 4.49. The molecule has 8 nitrogen and oxygen atoms in total. The van der Waals surface area contributed by atoms with Crippen molar-refractivity contribution in [2.45, 2.75) is 6.92 Å². The number of para-hydroxylation sites is 1. The minimum Gasteiger partial charge on any atom is -0.490 e. The van der Waals surface area contributed by atoms with Crippen LogP contribution < -0.4 is 14.8 Å². The lowest BCUT2D eigenvalue weighted by atomic mass is 10.0. The monoisotopic (exact) mass is 518 g/mol. The number of thiazole rings is 1. The second kappa shape index (κ2) is 9.87. The Labute approximate surface area is 221 Å². The van der Waals surface area contributed by atoms with Crippen molar-refractivity contribution in [2.75, 3.05) is 6.61 Å². The van der Waals surface area contributed by atoms with E-state index in [1.54, 1.807) is 18.5 Å². The molecule has 0 bridgehead atoms. The second-order valence-electron chi connectivity index (χ2n) is 8.58. The van der Waals surface area contributed by atoms with Gasteiger partial charge in [-0.05, 0) is 61.0 Å². The molecule has 9 heteroatoms. The van der Waals surface area contributed by atoms with Crippen molar-refractivity contribution in [3.05, 3.63) is 118 Å². The zero-order valence-electron chi connectivity index (χ0n) is 20.5. The van der Waals surface area contributed by atoms with Gasteiger partial charge in [-0.1, -0.05) is 42.2 Å². The zero-order valence-corrected chi connectivity index (χ0v) is 21.3. The SMILES string of the molecule is C=CCOc1ccc(-c2nn(-c3ccccc3)cc2/C=c2\sc3nc(-c4cccnc4)nn3c2=O)c(C)c1. The quantitative estimate of drug-likeness (QED) is 0.290. The standard InChI is InChI=1S/C29H22N6O2S/c1-3-14-37-23-11-12-24(19(2)15-23)26-21(18-34(32-26)22-9-5-4-6-10-22)16-25-28(36)35-29(38-25)31-27(33-35)20-8-7-13-30-17-20/h3-13,15-18H,1,14H2,2H3/b25-16-. The number of hydrogen-bond acceptors (Lipinski definition) is 7. The highest BCUT2D eigenvalue weighted by Gasteiger charge is 2.16. The van der Waals surface area contributed by atoms with E-state index in [0.29, 0.717) is 21.9 Å².